The lowest BCUT2D eigenvalue weighted by Crippen LogP contribution is -2.45. The van der Waals surface area contributed by atoms with Crippen LogP contribution in [-0.4, -0.2) is 66.5 Å². The highest BCUT2D eigenvalue weighted by Crippen LogP contribution is 2.28. The molecule has 116 valence electrons. The van der Waals surface area contributed by atoms with Crippen molar-refractivity contribution in [2.24, 2.45) is 5.92 Å². The number of likely N-dealkylation sites (N-methyl/N-ethyl adjacent to an activating group) is 1. The maximum absolute atomic E-state index is 12.2. The molecule has 1 rings (SSSR count). The summed E-state index contributed by atoms with van der Waals surface area (Å²) in [6, 6.07) is 0.0574. The zero-order chi connectivity index (χ0) is 15.5. The monoisotopic (exact) mass is 306 g/mol. The largest absolute Gasteiger partial charge is 0.481 e. The first-order valence-electron chi connectivity index (χ1n) is 6.65. The number of aliphatic carboxylic acids is 1. The molecule has 1 atom stereocenters. The van der Waals surface area contributed by atoms with E-state index in [1.165, 1.54) is 25.8 Å². The number of sulfonamides is 1. The van der Waals surface area contributed by atoms with Crippen LogP contribution in [0.15, 0.2) is 0 Å². The molecular weight excluding hydrogens is 284 g/mol. The summed E-state index contributed by atoms with van der Waals surface area (Å²) in [6.07, 6.45) is 1.70. The number of nitrogens with zero attached hydrogens (tertiary/aromatic N) is 2. The van der Waals surface area contributed by atoms with E-state index in [1.54, 1.807) is 0 Å². The summed E-state index contributed by atoms with van der Waals surface area (Å²) in [5.74, 6) is -2.02. The molecule has 0 aromatic carbocycles. The van der Waals surface area contributed by atoms with Crippen molar-refractivity contribution >= 4 is 21.9 Å². The topological polar surface area (TPSA) is 95.0 Å². The van der Waals surface area contributed by atoms with Crippen molar-refractivity contribution in [1.82, 2.24) is 9.21 Å². The number of carbonyl (C=O) groups is 2. The molecule has 1 unspecified atom stereocenters. The number of carbonyl (C=O) groups excluding carboxylic acids is 1. The lowest BCUT2D eigenvalue weighted by Gasteiger charge is -2.26. The van der Waals surface area contributed by atoms with Crippen LogP contribution in [-0.2, 0) is 19.6 Å². The Balaban J connectivity index is 2.68. The minimum Gasteiger partial charge on any atom is -0.481 e. The van der Waals surface area contributed by atoms with Crippen molar-refractivity contribution in [2.75, 3.05) is 25.9 Å². The second-order valence-electron chi connectivity index (χ2n) is 5.17. The molecular formula is C12H22N2O5S. The molecule has 0 spiro atoms. The average molecular weight is 306 g/mol. The molecule has 0 saturated heterocycles. The van der Waals surface area contributed by atoms with Gasteiger partial charge in [0.05, 0.1) is 18.2 Å². The second-order valence-corrected chi connectivity index (χ2v) is 7.54. The maximum Gasteiger partial charge on any atom is 0.308 e. The Morgan fingerprint density at radius 1 is 1.35 bits per heavy atom. The third-order valence-electron chi connectivity index (χ3n) is 3.40. The van der Waals surface area contributed by atoms with E-state index < -0.39 is 21.9 Å². The van der Waals surface area contributed by atoms with Crippen LogP contribution in [0, 0.1) is 5.92 Å². The Morgan fingerprint density at radius 2 is 1.90 bits per heavy atom. The van der Waals surface area contributed by atoms with Crippen LogP contribution in [0.2, 0.25) is 0 Å². The molecule has 1 N–H and O–H groups in total. The van der Waals surface area contributed by atoms with Gasteiger partial charge in [0.1, 0.15) is 0 Å². The van der Waals surface area contributed by atoms with Crippen LogP contribution >= 0.6 is 0 Å². The minimum absolute atomic E-state index is 0.0574. The Bertz CT molecular complexity index is 472. The van der Waals surface area contributed by atoms with E-state index in [1.807, 2.05) is 0 Å². The van der Waals surface area contributed by atoms with Crippen LogP contribution in [0.3, 0.4) is 0 Å². The number of rotatable bonds is 8. The molecule has 0 aromatic heterocycles. The summed E-state index contributed by atoms with van der Waals surface area (Å²) in [6.45, 7) is 2.94. The van der Waals surface area contributed by atoms with E-state index >= 15 is 0 Å². The first-order valence-corrected chi connectivity index (χ1v) is 8.26. The van der Waals surface area contributed by atoms with Crippen LogP contribution in [0.4, 0.5) is 0 Å². The third kappa shape index (κ3) is 4.45. The standard InChI is InChI=1S/C12H22N2O5S/c1-4-20(18,19)13(3)8-11(15)14(10-5-6-10)7-9(2)12(16)17/h9-10H,4-8H2,1-3H3,(H,16,17). The molecule has 0 heterocycles. The highest BCUT2D eigenvalue weighted by atomic mass is 32.2. The van der Waals surface area contributed by atoms with Crippen molar-refractivity contribution in [2.45, 2.75) is 32.7 Å². The van der Waals surface area contributed by atoms with Gasteiger partial charge in [-0.3, -0.25) is 9.59 Å². The Labute approximate surface area is 119 Å². The van der Waals surface area contributed by atoms with Crippen LogP contribution in [0.5, 0.6) is 0 Å². The first kappa shape index (κ1) is 16.9. The van der Waals surface area contributed by atoms with Gasteiger partial charge in [0, 0.05) is 19.6 Å². The Hall–Kier alpha value is -1.15. The van der Waals surface area contributed by atoms with Gasteiger partial charge in [-0.05, 0) is 19.8 Å². The van der Waals surface area contributed by atoms with E-state index in [0.29, 0.717) is 0 Å². The van der Waals surface area contributed by atoms with Gasteiger partial charge in [-0.25, -0.2) is 8.42 Å². The molecule has 1 fully saturated rings. The van der Waals surface area contributed by atoms with Gasteiger partial charge in [-0.1, -0.05) is 6.92 Å². The van der Waals surface area contributed by atoms with Gasteiger partial charge < -0.3 is 10.0 Å². The van der Waals surface area contributed by atoms with Crippen LogP contribution < -0.4 is 0 Å². The SMILES string of the molecule is CCS(=O)(=O)N(C)CC(=O)N(CC(C)C(=O)O)C1CC1. The van der Waals surface area contributed by atoms with Crippen LogP contribution in [0.25, 0.3) is 0 Å². The summed E-state index contributed by atoms with van der Waals surface area (Å²) in [5.41, 5.74) is 0. The fourth-order valence-corrected chi connectivity index (χ4v) is 2.56. The molecule has 0 radical (unpaired) electrons. The number of hydrogen-bond acceptors (Lipinski definition) is 4. The summed E-state index contributed by atoms with van der Waals surface area (Å²) < 4.78 is 24.3. The third-order valence-corrected chi connectivity index (χ3v) is 5.21. The highest BCUT2D eigenvalue weighted by molar-refractivity contribution is 7.89. The molecule has 0 aliphatic heterocycles. The number of hydrogen-bond donors (Lipinski definition) is 1. The van der Waals surface area contributed by atoms with Crippen molar-refractivity contribution in [3.8, 4) is 0 Å². The normalized spacial score (nSPS) is 17.0. The van der Waals surface area contributed by atoms with Gasteiger partial charge in [0.2, 0.25) is 15.9 Å². The minimum atomic E-state index is -3.41. The zero-order valence-corrected chi connectivity index (χ0v) is 12.9. The molecule has 7 nitrogen and oxygen atoms in total. The van der Waals surface area contributed by atoms with Crippen molar-refractivity contribution < 1.29 is 23.1 Å². The van der Waals surface area contributed by atoms with Gasteiger partial charge in [0.15, 0.2) is 0 Å². The quantitative estimate of drug-likeness (QED) is 0.680. The lowest BCUT2D eigenvalue weighted by atomic mass is 10.1. The Morgan fingerprint density at radius 3 is 2.30 bits per heavy atom. The molecule has 8 heteroatoms. The molecule has 20 heavy (non-hydrogen) atoms. The van der Waals surface area contributed by atoms with Gasteiger partial charge >= 0.3 is 5.97 Å². The van der Waals surface area contributed by atoms with E-state index in [0.717, 1.165) is 17.1 Å². The van der Waals surface area contributed by atoms with E-state index in [2.05, 4.69) is 0 Å². The highest BCUT2D eigenvalue weighted by Gasteiger charge is 2.35. The number of carboxylic acid groups (broad SMARTS) is 1. The number of carboxylic acids is 1. The Kier molecular flexibility index (Phi) is 5.52. The first-order chi connectivity index (χ1) is 9.19. The molecule has 1 saturated carbocycles. The molecule has 1 aliphatic carbocycles. The summed E-state index contributed by atoms with van der Waals surface area (Å²) in [4.78, 5) is 24.6. The van der Waals surface area contributed by atoms with Crippen molar-refractivity contribution in [3.05, 3.63) is 0 Å². The fourth-order valence-electron chi connectivity index (χ4n) is 1.81. The van der Waals surface area contributed by atoms with Crippen LogP contribution in [0.1, 0.15) is 26.7 Å². The van der Waals surface area contributed by atoms with Crippen molar-refractivity contribution in [3.63, 3.8) is 0 Å². The second kappa shape index (κ2) is 6.53. The predicted molar refractivity (Wildman–Crippen MR) is 73.6 cm³/mol. The molecule has 0 bridgehead atoms. The van der Waals surface area contributed by atoms with E-state index in [9.17, 15) is 18.0 Å². The summed E-state index contributed by atoms with van der Waals surface area (Å²) in [5, 5.41) is 8.92. The van der Waals surface area contributed by atoms with E-state index in [-0.39, 0.29) is 30.8 Å². The van der Waals surface area contributed by atoms with Gasteiger partial charge in [0.25, 0.3) is 0 Å². The van der Waals surface area contributed by atoms with Gasteiger partial charge in [-0.15, -0.1) is 0 Å². The molecule has 0 aromatic rings. The zero-order valence-electron chi connectivity index (χ0n) is 12.1. The maximum atomic E-state index is 12.2. The lowest BCUT2D eigenvalue weighted by molar-refractivity contribution is -0.143. The summed E-state index contributed by atoms with van der Waals surface area (Å²) in [7, 11) is -2.04. The average Bonchev–Trinajstić information content (AvgIpc) is 3.19. The van der Waals surface area contributed by atoms with Gasteiger partial charge in [-0.2, -0.15) is 4.31 Å². The smallest absolute Gasteiger partial charge is 0.308 e. The number of amides is 1. The fraction of sp³-hybridized carbons (Fsp3) is 0.833. The molecule has 1 aliphatic rings. The molecule has 1 amide bonds. The summed E-state index contributed by atoms with van der Waals surface area (Å²) >= 11 is 0. The predicted octanol–water partition coefficient (Wildman–Crippen LogP) is -0.0204. The van der Waals surface area contributed by atoms with Crippen molar-refractivity contribution in [1.29, 1.82) is 0 Å². The van der Waals surface area contributed by atoms with E-state index in [4.69, 9.17) is 5.11 Å².